The Hall–Kier alpha value is -2.77. The second-order valence-electron chi connectivity index (χ2n) is 4.30. The summed E-state index contributed by atoms with van der Waals surface area (Å²) in [5.41, 5.74) is 0.766. The van der Waals surface area contributed by atoms with Crippen LogP contribution in [0, 0.1) is 10.1 Å². The number of benzene rings is 1. The predicted octanol–water partition coefficient (Wildman–Crippen LogP) is 1.64. The highest BCUT2D eigenvalue weighted by Crippen LogP contribution is 2.24. The van der Waals surface area contributed by atoms with Crippen molar-refractivity contribution in [2.24, 2.45) is 5.10 Å². The molecule has 0 fully saturated rings. The Kier molecular flexibility index (Phi) is 4.27. The van der Waals surface area contributed by atoms with Gasteiger partial charge in [-0.1, -0.05) is 0 Å². The summed E-state index contributed by atoms with van der Waals surface area (Å²) in [7, 11) is 0. The third-order valence-electron chi connectivity index (χ3n) is 2.79. The highest BCUT2D eigenvalue weighted by molar-refractivity contribution is 6.16. The molecular weight excluding hydrogens is 278 g/mol. The summed E-state index contributed by atoms with van der Waals surface area (Å²) >= 11 is 0. The van der Waals surface area contributed by atoms with Crippen LogP contribution in [0.4, 0.5) is 11.4 Å². The van der Waals surface area contributed by atoms with Crippen LogP contribution in [-0.4, -0.2) is 29.1 Å². The van der Waals surface area contributed by atoms with E-state index in [1.54, 1.807) is 6.92 Å². The highest BCUT2D eigenvalue weighted by Gasteiger charge is 2.27. The third kappa shape index (κ3) is 3.41. The van der Waals surface area contributed by atoms with Gasteiger partial charge in [0.2, 0.25) is 0 Å². The molecule has 0 aliphatic carbocycles. The minimum atomic E-state index is -0.523. The number of esters is 1. The lowest BCUT2D eigenvalue weighted by molar-refractivity contribution is -0.384. The van der Waals surface area contributed by atoms with E-state index in [1.807, 2.05) is 0 Å². The Morgan fingerprint density at radius 1 is 1.43 bits per heavy atom. The number of hydrazone groups is 1. The number of carbonyl (C=O) groups is 2. The molecule has 0 saturated carbocycles. The van der Waals surface area contributed by atoms with Gasteiger partial charge in [-0.05, 0) is 19.1 Å². The van der Waals surface area contributed by atoms with Crippen LogP contribution in [0.15, 0.2) is 29.4 Å². The van der Waals surface area contributed by atoms with Gasteiger partial charge in [0.25, 0.3) is 11.6 Å². The predicted molar refractivity (Wildman–Crippen MR) is 73.9 cm³/mol. The maximum Gasteiger partial charge on any atom is 0.311 e. The van der Waals surface area contributed by atoms with Crippen LogP contribution in [-0.2, 0) is 14.3 Å². The zero-order chi connectivity index (χ0) is 15.4. The quantitative estimate of drug-likeness (QED) is 0.466. The third-order valence-corrected chi connectivity index (χ3v) is 2.79. The molecule has 0 atom stereocenters. The molecule has 21 heavy (non-hydrogen) atoms. The van der Waals surface area contributed by atoms with Crippen molar-refractivity contribution in [1.82, 2.24) is 0 Å². The first-order valence-corrected chi connectivity index (χ1v) is 6.30. The molecule has 0 unspecified atom stereocenters. The zero-order valence-electron chi connectivity index (χ0n) is 11.3. The molecule has 1 amide bonds. The minimum absolute atomic E-state index is 0.0375. The van der Waals surface area contributed by atoms with E-state index in [2.05, 4.69) is 5.10 Å². The van der Waals surface area contributed by atoms with E-state index in [9.17, 15) is 19.7 Å². The minimum Gasteiger partial charge on any atom is -0.466 e. The summed E-state index contributed by atoms with van der Waals surface area (Å²) in [5, 5.41) is 15.8. The molecule has 0 aromatic heterocycles. The molecule has 8 heteroatoms. The van der Waals surface area contributed by atoms with Crippen molar-refractivity contribution >= 4 is 29.0 Å². The molecule has 8 nitrogen and oxygen atoms in total. The fourth-order valence-electron chi connectivity index (χ4n) is 1.88. The monoisotopic (exact) mass is 291 g/mol. The van der Waals surface area contributed by atoms with Gasteiger partial charge in [0, 0.05) is 12.1 Å². The molecular formula is C13H13N3O5. The van der Waals surface area contributed by atoms with Gasteiger partial charge < -0.3 is 4.74 Å². The van der Waals surface area contributed by atoms with Gasteiger partial charge >= 0.3 is 5.97 Å². The lowest BCUT2D eigenvalue weighted by Crippen LogP contribution is -2.19. The second-order valence-corrected chi connectivity index (χ2v) is 4.30. The smallest absolute Gasteiger partial charge is 0.311 e. The molecule has 110 valence electrons. The van der Waals surface area contributed by atoms with Crippen molar-refractivity contribution in [3.63, 3.8) is 0 Å². The standard InChI is InChI=1S/C13H13N3O5/c1-2-21-13(18)8-9-7-12(17)15(14-9)10-3-5-11(6-4-10)16(19)20/h3-6H,2,7-8H2,1H3. The van der Waals surface area contributed by atoms with E-state index in [-0.39, 0.29) is 31.0 Å². The van der Waals surface area contributed by atoms with Crippen molar-refractivity contribution in [3.8, 4) is 0 Å². The van der Waals surface area contributed by atoms with E-state index in [0.29, 0.717) is 11.4 Å². The zero-order valence-corrected chi connectivity index (χ0v) is 11.3. The molecule has 0 spiro atoms. The SMILES string of the molecule is CCOC(=O)CC1=NN(c2ccc([N+](=O)[O-])cc2)C(=O)C1. The van der Waals surface area contributed by atoms with Gasteiger partial charge in [0.1, 0.15) is 0 Å². The van der Waals surface area contributed by atoms with E-state index < -0.39 is 10.9 Å². The summed E-state index contributed by atoms with van der Waals surface area (Å²) in [6, 6.07) is 5.46. The number of ether oxygens (including phenoxy) is 1. The van der Waals surface area contributed by atoms with Crippen LogP contribution in [0.25, 0.3) is 0 Å². The number of anilines is 1. The van der Waals surface area contributed by atoms with Crippen LogP contribution in [0.2, 0.25) is 0 Å². The number of nitro groups is 1. The molecule has 1 aliphatic rings. The van der Waals surface area contributed by atoms with E-state index in [1.165, 1.54) is 24.3 Å². The molecule has 0 bridgehead atoms. The molecule has 1 aliphatic heterocycles. The number of rotatable bonds is 5. The summed E-state index contributed by atoms with van der Waals surface area (Å²) in [4.78, 5) is 33.3. The molecule has 1 aromatic rings. The summed E-state index contributed by atoms with van der Waals surface area (Å²) in [6.07, 6.45) is -0.00113. The van der Waals surface area contributed by atoms with E-state index in [0.717, 1.165) is 5.01 Å². The Bertz CT molecular complexity index is 609. The molecule has 2 rings (SSSR count). The first-order chi connectivity index (χ1) is 10.0. The summed E-state index contributed by atoms with van der Waals surface area (Å²) < 4.78 is 4.80. The summed E-state index contributed by atoms with van der Waals surface area (Å²) in [6.45, 7) is 1.97. The van der Waals surface area contributed by atoms with Gasteiger partial charge in [-0.3, -0.25) is 19.7 Å². The lowest BCUT2D eigenvalue weighted by Gasteiger charge is -2.10. The number of carbonyl (C=O) groups excluding carboxylic acids is 2. The fraction of sp³-hybridized carbons (Fsp3) is 0.308. The van der Waals surface area contributed by atoms with Crippen molar-refractivity contribution < 1.29 is 19.2 Å². The largest absolute Gasteiger partial charge is 0.466 e. The average molecular weight is 291 g/mol. The Morgan fingerprint density at radius 3 is 2.67 bits per heavy atom. The maximum absolute atomic E-state index is 11.9. The van der Waals surface area contributed by atoms with Gasteiger partial charge in [-0.25, -0.2) is 5.01 Å². The van der Waals surface area contributed by atoms with Crippen LogP contribution in [0.5, 0.6) is 0 Å². The summed E-state index contributed by atoms with van der Waals surface area (Å²) in [5.74, 6) is -0.724. The van der Waals surface area contributed by atoms with Crippen LogP contribution < -0.4 is 5.01 Å². The Morgan fingerprint density at radius 2 is 2.10 bits per heavy atom. The number of hydrogen-bond acceptors (Lipinski definition) is 6. The average Bonchev–Trinajstić information content (AvgIpc) is 2.79. The molecule has 1 heterocycles. The maximum atomic E-state index is 11.9. The second kappa shape index (κ2) is 6.12. The van der Waals surface area contributed by atoms with Crippen LogP contribution >= 0.6 is 0 Å². The lowest BCUT2D eigenvalue weighted by atomic mass is 10.2. The van der Waals surface area contributed by atoms with Crippen LogP contribution in [0.3, 0.4) is 0 Å². The van der Waals surface area contributed by atoms with Gasteiger partial charge in [-0.15, -0.1) is 0 Å². The molecule has 0 radical (unpaired) electrons. The topological polar surface area (TPSA) is 102 Å². The number of non-ortho nitro benzene ring substituents is 1. The highest BCUT2D eigenvalue weighted by atomic mass is 16.6. The first-order valence-electron chi connectivity index (χ1n) is 6.30. The molecule has 0 saturated heterocycles. The number of nitro benzene ring substituents is 1. The van der Waals surface area contributed by atoms with E-state index in [4.69, 9.17) is 4.74 Å². The normalized spacial score (nSPS) is 14.0. The van der Waals surface area contributed by atoms with Crippen molar-refractivity contribution in [2.75, 3.05) is 11.6 Å². The molecule has 1 aromatic carbocycles. The Balaban J connectivity index is 2.12. The number of nitrogens with zero attached hydrogens (tertiary/aromatic N) is 3. The van der Waals surface area contributed by atoms with Crippen molar-refractivity contribution in [3.05, 3.63) is 34.4 Å². The van der Waals surface area contributed by atoms with Gasteiger partial charge in [0.15, 0.2) is 0 Å². The number of hydrogen-bond donors (Lipinski definition) is 0. The fourth-order valence-corrected chi connectivity index (χ4v) is 1.88. The van der Waals surface area contributed by atoms with Crippen molar-refractivity contribution in [2.45, 2.75) is 19.8 Å². The molecule has 0 N–H and O–H groups in total. The van der Waals surface area contributed by atoms with Crippen molar-refractivity contribution in [1.29, 1.82) is 0 Å². The first kappa shape index (κ1) is 14.6. The van der Waals surface area contributed by atoms with Crippen LogP contribution in [0.1, 0.15) is 19.8 Å². The van der Waals surface area contributed by atoms with Gasteiger partial charge in [-0.2, -0.15) is 5.10 Å². The number of amides is 1. The van der Waals surface area contributed by atoms with E-state index >= 15 is 0 Å². The Labute approximate surface area is 120 Å². The van der Waals surface area contributed by atoms with Gasteiger partial charge in [0.05, 0.1) is 35.8 Å².